The number of nitrogens with one attached hydrogen (secondary N) is 1. The van der Waals surface area contributed by atoms with E-state index in [4.69, 9.17) is 15.6 Å². The zero-order chi connectivity index (χ0) is 16.9. The van der Waals surface area contributed by atoms with Gasteiger partial charge in [-0.15, -0.1) is 0 Å². The van der Waals surface area contributed by atoms with Gasteiger partial charge in [0.25, 0.3) is 0 Å². The van der Waals surface area contributed by atoms with Crippen LogP contribution in [0.1, 0.15) is 5.56 Å². The van der Waals surface area contributed by atoms with Gasteiger partial charge in [0.05, 0.1) is 18.6 Å². The van der Waals surface area contributed by atoms with Crippen LogP contribution >= 0.6 is 0 Å². The Morgan fingerprint density at radius 1 is 1.13 bits per heavy atom. The molecule has 0 aliphatic carbocycles. The summed E-state index contributed by atoms with van der Waals surface area (Å²) in [5.41, 5.74) is 7.42. The van der Waals surface area contributed by atoms with Crippen LogP contribution in [0.15, 0.2) is 58.4 Å². The number of hydrogen-bond acceptors (Lipinski definition) is 4. The fourth-order valence-electron chi connectivity index (χ4n) is 1.82. The molecular weight excluding hydrogens is 316 g/mol. The van der Waals surface area contributed by atoms with Gasteiger partial charge in [0.15, 0.2) is 5.96 Å². The molecule has 0 aliphatic heterocycles. The Labute approximate surface area is 135 Å². The third kappa shape index (κ3) is 4.97. The molecule has 2 rings (SSSR count). The van der Waals surface area contributed by atoms with Crippen LogP contribution in [0.25, 0.3) is 0 Å². The van der Waals surface area contributed by atoms with Gasteiger partial charge < -0.3 is 15.8 Å². The minimum atomic E-state index is -3.68. The van der Waals surface area contributed by atoms with Crippen molar-refractivity contribution in [3.8, 4) is 5.75 Å². The highest BCUT2D eigenvalue weighted by molar-refractivity contribution is 7.89. The molecule has 122 valence electrons. The summed E-state index contributed by atoms with van der Waals surface area (Å²) in [6, 6.07) is 13.4. The molecule has 0 atom stereocenters. The zero-order valence-electron chi connectivity index (χ0n) is 12.6. The molecule has 0 saturated carbocycles. The molecule has 0 aliphatic rings. The Balaban J connectivity index is 1.98. The van der Waals surface area contributed by atoms with Crippen molar-refractivity contribution >= 4 is 21.7 Å². The summed E-state index contributed by atoms with van der Waals surface area (Å²) in [4.78, 5) is 4.26. The zero-order valence-corrected chi connectivity index (χ0v) is 13.4. The van der Waals surface area contributed by atoms with Crippen LogP contribution in [-0.2, 0) is 16.6 Å². The predicted octanol–water partition coefficient (Wildman–Crippen LogP) is 1.27. The Hall–Kier alpha value is -2.58. The third-order valence-corrected chi connectivity index (χ3v) is 3.98. The van der Waals surface area contributed by atoms with Gasteiger partial charge in [0, 0.05) is 5.69 Å². The lowest BCUT2D eigenvalue weighted by Gasteiger charge is -2.07. The molecule has 8 heteroatoms. The van der Waals surface area contributed by atoms with Crippen molar-refractivity contribution in [2.24, 2.45) is 15.9 Å². The molecule has 23 heavy (non-hydrogen) atoms. The van der Waals surface area contributed by atoms with E-state index in [0.717, 1.165) is 17.0 Å². The van der Waals surface area contributed by atoms with Gasteiger partial charge in [0.2, 0.25) is 10.0 Å². The summed E-state index contributed by atoms with van der Waals surface area (Å²) in [6.45, 7) is 0.319. The van der Waals surface area contributed by atoms with E-state index in [-0.39, 0.29) is 10.9 Å². The molecular formula is C15H18N4O3S. The van der Waals surface area contributed by atoms with Gasteiger partial charge in [-0.05, 0) is 42.0 Å². The number of nitrogens with zero attached hydrogens (tertiary/aromatic N) is 1. The summed E-state index contributed by atoms with van der Waals surface area (Å²) in [5, 5.41) is 8.00. The number of primary sulfonamides is 1. The lowest BCUT2D eigenvalue weighted by molar-refractivity contribution is 0.415. The van der Waals surface area contributed by atoms with Crippen molar-refractivity contribution in [2.45, 2.75) is 11.4 Å². The Bertz CT molecular complexity index is 784. The number of rotatable bonds is 5. The second-order valence-electron chi connectivity index (χ2n) is 4.74. The van der Waals surface area contributed by atoms with E-state index in [0.29, 0.717) is 6.54 Å². The lowest BCUT2D eigenvalue weighted by atomic mass is 10.2. The standard InChI is InChI=1S/C15H18N4O3S/c1-22-13-6-4-12(5-7-13)19-15(16)18-10-11-2-8-14(9-3-11)23(17,20)21/h2-9H,10H2,1H3,(H3,16,18,19)(H2,17,20,21). The van der Waals surface area contributed by atoms with Crippen LogP contribution in [-0.4, -0.2) is 21.5 Å². The quantitative estimate of drug-likeness (QED) is 0.562. The average molecular weight is 334 g/mol. The Morgan fingerprint density at radius 3 is 2.26 bits per heavy atom. The number of guanidine groups is 1. The normalized spacial score (nSPS) is 12.0. The highest BCUT2D eigenvalue weighted by Gasteiger charge is 2.06. The van der Waals surface area contributed by atoms with Crippen LogP contribution < -0.4 is 20.9 Å². The number of nitrogens with two attached hydrogens (primary N) is 2. The second kappa shape index (κ2) is 7.12. The lowest BCUT2D eigenvalue weighted by Crippen LogP contribution is -2.22. The van der Waals surface area contributed by atoms with E-state index in [2.05, 4.69) is 10.3 Å². The molecule has 0 unspecified atom stereocenters. The maximum absolute atomic E-state index is 11.2. The third-order valence-electron chi connectivity index (χ3n) is 3.05. The summed E-state index contributed by atoms with van der Waals surface area (Å²) in [5.74, 6) is 1.01. The molecule has 0 fully saturated rings. The molecule has 0 saturated heterocycles. The summed E-state index contributed by atoms with van der Waals surface area (Å²) < 4.78 is 27.4. The molecule has 0 amide bonds. The Kier molecular flexibility index (Phi) is 5.20. The molecule has 0 heterocycles. The van der Waals surface area contributed by atoms with Gasteiger partial charge in [-0.3, -0.25) is 0 Å². The molecule has 2 aromatic carbocycles. The molecule has 5 N–H and O–H groups in total. The van der Waals surface area contributed by atoms with Gasteiger partial charge >= 0.3 is 0 Å². The first-order valence-corrected chi connectivity index (χ1v) is 8.26. The first kappa shape index (κ1) is 16.8. The number of aliphatic imine (C=N–C) groups is 1. The van der Waals surface area contributed by atoms with Gasteiger partial charge in [-0.25, -0.2) is 18.5 Å². The van der Waals surface area contributed by atoms with E-state index in [1.165, 1.54) is 12.1 Å². The summed E-state index contributed by atoms with van der Waals surface area (Å²) >= 11 is 0. The van der Waals surface area contributed by atoms with Crippen molar-refractivity contribution in [3.63, 3.8) is 0 Å². The smallest absolute Gasteiger partial charge is 0.238 e. The minimum absolute atomic E-state index is 0.0644. The van der Waals surface area contributed by atoms with Crippen LogP contribution in [0.4, 0.5) is 5.69 Å². The van der Waals surface area contributed by atoms with Gasteiger partial charge in [0.1, 0.15) is 5.75 Å². The second-order valence-corrected chi connectivity index (χ2v) is 6.31. The minimum Gasteiger partial charge on any atom is -0.497 e. The predicted molar refractivity (Wildman–Crippen MR) is 89.8 cm³/mol. The number of sulfonamides is 1. The maximum atomic E-state index is 11.2. The molecule has 2 aromatic rings. The van der Waals surface area contributed by atoms with E-state index in [1.807, 2.05) is 24.3 Å². The first-order chi connectivity index (χ1) is 10.9. The van der Waals surface area contributed by atoms with Crippen LogP contribution in [0, 0.1) is 0 Å². The average Bonchev–Trinajstić information content (AvgIpc) is 2.53. The number of methoxy groups -OCH3 is 1. The van der Waals surface area contributed by atoms with E-state index in [9.17, 15) is 8.42 Å². The van der Waals surface area contributed by atoms with Crippen molar-refractivity contribution in [1.29, 1.82) is 0 Å². The SMILES string of the molecule is COc1ccc(NC(N)=NCc2ccc(S(N)(=O)=O)cc2)cc1. The summed E-state index contributed by atoms with van der Waals surface area (Å²) in [7, 11) is -2.08. The number of hydrogen-bond donors (Lipinski definition) is 3. The van der Waals surface area contributed by atoms with Crippen molar-refractivity contribution in [3.05, 3.63) is 54.1 Å². The fourth-order valence-corrected chi connectivity index (χ4v) is 2.34. The van der Waals surface area contributed by atoms with E-state index >= 15 is 0 Å². The van der Waals surface area contributed by atoms with Crippen molar-refractivity contribution in [2.75, 3.05) is 12.4 Å². The first-order valence-electron chi connectivity index (χ1n) is 6.71. The maximum Gasteiger partial charge on any atom is 0.238 e. The van der Waals surface area contributed by atoms with Crippen LogP contribution in [0.2, 0.25) is 0 Å². The molecule has 0 spiro atoms. The molecule has 7 nitrogen and oxygen atoms in total. The van der Waals surface area contributed by atoms with Gasteiger partial charge in [-0.1, -0.05) is 12.1 Å². The van der Waals surface area contributed by atoms with Crippen LogP contribution in [0.3, 0.4) is 0 Å². The van der Waals surface area contributed by atoms with E-state index < -0.39 is 10.0 Å². The Morgan fingerprint density at radius 2 is 1.74 bits per heavy atom. The number of benzene rings is 2. The summed E-state index contributed by atoms with van der Waals surface area (Å²) in [6.07, 6.45) is 0. The highest BCUT2D eigenvalue weighted by atomic mass is 32.2. The molecule has 0 aromatic heterocycles. The monoisotopic (exact) mass is 334 g/mol. The number of anilines is 1. The number of ether oxygens (including phenoxy) is 1. The van der Waals surface area contributed by atoms with Crippen LogP contribution in [0.5, 0.6) is 5.75 Å². The highest BCUT2D eigenvalue weighted by Crippen LogP contribution is 2.15. The fraction of sp³-hybridized carbons (Fsp3) is 0.133. The van der Waals surface area contributed by atoms with E-state index in [1.54, 1.807) is 19.2 Å². The van der Waals surface area contributed by atoms with Gasteiger partial charge in [-0.2, -0.15) is 0 Å². The largest absolute Gasteiger partial charge is 0.497 e. The van der Waals surface area contributed by atoms with Crippen molar-refractivity contribution in [1.82, 2.24) is 0 Å². The molecule has 0 radical (unpaired) electrons. The topological polar surface area (TPSA) is 120 Å². The molecule has 0 bridgehead atoms. The van der Waals surface area contributed by atoms with Crippen molar-refractivity contribution < 1.29 is 13.2 Å².